The monoisotopic (exact) mass is 534 g/mol. The van der Waals surface area contributed by atoms with Gasteiger partial charge in [0.05, 0.1) is 33.5 Å². The molecular formula is C29H28Cl2N4S. The minimum absolute atomic E-state index is 0.102. The summed E-state index contributed by atoms with van der Waals surface area (Å²) in [7, 11) is 0. The van der Waals surface area contributed by atoms with E-state index in [4.69, 9.17) is 35.4 Å². The fraction of sp³-hybridized carbons (Fsp3) is 0.241. The molecule has 0 radical (unpaired) electrons. The standard InChI is InChI=1S/C29H28Cl2N4S/c1-17(2)20-11-13-21(14-12-20)35-28(27(33-29(35)36)24-9-5-6-15-32-24)22-16-18(3)34(19(22)4)25-10-7-8-23(30)26(25)31/h5-17,27-28H,1-4H3,(H,33,36)/t27-,28+/m1/s1. The predicted molar refractivity (Wildman–Crippen MR) is 154 cm³/mol. The van der Waals surface area contributed by atoms with E-state index in [9.17, 15) is 0 Å². The van der Waals surface area contributed by atoms with Crippen LogP contribution in [0, 0.1) is 13.8 Å². The summed E-state index contributed by atoms with van der Waals surface area (Å²) in [5.74, 6) is 0.459. The second-order valence-electron chi connectivity index (χ2n) is 9.48. The van der Waals surface area contributed by atoms with Crippen molar-refractivity contribution < 1.29 is 0 Å². The first-order valence-electron chi connectivity index (χ1n) is 12.0. The van der Waals surface area contributed by atoms with Crippen LogP contribution in [0.25, 0.3) is 5.69 Å². The highest BCUT2D eigenvalue weighted by Crippen LogP contribution is 2.44. The van der Waals surface area contributed by atoms with E-state index in [1.807, 2.05) is 36.5 Å². The minimum atomic E-state index is -0.118. The van der Waals surface area contributed by atoms with Crippen LogP contribution in [0.3, 0.4) is 0 Å². The van der Waals surface area contributed by atoms with Gasteiger partial charge in [-0.2, -0.15) is 0 Å². The van der Waals surface area contributed by atoms with Gasteiger partial charge in [0, 0.05) is 23.3 Å². The lowest BCUT2D eigenvalue weighted by Gasteiger charge is -2.28. The maximum absolute atomic E-state index is 6.65. The Hall–Kier alpha value is -2.86. The van der Waals surface area contributed by atoms with Gasteiger partial charge in [0.1, 0.15) is 0 Å². The Labute approximate surface area is 227 Å². The van der Waals surface area contributed by atoms with E-state index in [-0.39, 0.29) is 12.1 Å². The molecule has 1 saturated heterocycles. The van der Waals surface area contributed by atoms with E-state index in [2.05, 4.69) is 77.8 Å². The molecule has 5 rings (SSSR count). The highest BCUT2D eigenvalue weighted by Gasteiger charge is 2.42. The molecule has 36 heavy (non-hydrogen) atoms. The van der Waals surface area contributed by atoms with Crippen LogP contribution in [-0.4, -0.2) is 14.7 Å². The molecule has 1 fully saturated rings. The highest BCUT2D eigenvalue weighted by atomic mass is 35.5. The topological polar surface area (TPSA) is 33.1 Å². The van der Waals surface area contributed by atoms with Crippen molar-refractivity contribution in [2.45, 2.75) is 45.7 Å². The third-order valence-corrected chi connectivity index (χ3v) is 8.02. The minimum Gasteiger partial charge on any atom is -0.351 e. The number of rotatable bonds is 5. The van der Waals surface area contributed by atoms with E-state index >= 15 is 0 Å². The summed E-state index contributed by atoms with van der Waals surface area (Å²) < 4.78 is 2.17. The normalized spacial score (nSPS) is 17.6. The molecule has 0 bridgehead atoms. The SMILES string of the molecule is Cc1cc([C@H]2[C@@H](c3ccccn3)NC(=S)N2c2ccc(C(C)C)cc2)c(C)n1-c1cccc(Cl)c1Cl. The van der Waals surface area contributed by atoms with Crippen LogP contribution in [0.1, 0.15) is 60.1 Å². The van der Waals surface area contributed by atoms with Crippen molar-refractivity contribution in [1.29, 1.82) is 0 Å². The van der Waals surface area contributed by atoms with Gasteiger partial charge in [0.2, 0.25) is 0 Å². The van der Waals surface area contributed by atoms with E-state index in [0.29, 0.717) is 21.1 Å². The number of nitrogens with one attached hydrogen (secondary N) is 1. The average molecular weight is 536 g/mol. The lowest BCUT2D eigenvalue weighted by molar-refractivity contribution is 0.565. The summed E-state index contributed by atoms with van der Waals surface area (Å²) >= 11 is 18.9. The second-order valence-corrected chi connectivity index (χ2v) is 10.6. The van der Waals surface area contributed by atoms with E-state index in [1.54, 1.807) is 6.07 Å². The molecule has 1 aliphatic rings. The third kappa shape index (κ3) is 4.30. The van der Waals surface area contributed by atoms with Gasteiger partial charge in [-0.05, 0) is 85.6 Å². The number of anilines is 1. The molecule has 1 aliphatic heterocycles. The lowest BCUT2D eigenvalue weighted by atomic mass is 9.96. The summed E-state index contributed by atoms with van der Waals surface area (Å²) in [6.45, 7) is 8.61. The molecule has 184 valence electrons. The van der Waals surface area contributed by atoms with Gasteiger partial charge in [-0.1, -0.05) is 61.3 Å². The second kappa shape index (κ2) is 9.89. The van der Waals surface area contributed by atoms with Crippen LogP contribution >= 0.6 is 35.4 Å². The number of halogens is 2. The number of aryl methyl sites for hydroxylation is 1. The van der Waals surface area contributed by atoms with Crippen LogP contribution < -0.4 is 10.2 Å². The first-order chi connectivity index (χ1) is 17.3. The molecule has 0 amide bonds. The Morgan fingerprint density at radius 2 is 1.72 bits per heavy atom. The molecule has 4 nitrogen and oxygen atoms in total. The maximum atomic E-state index is 6.65. The molecule has 0 aliphatic carbocycles. The van der Waals surface area contributed by atoms with E-state index in [1.165, 1.54) is 5.56 Å². The first-order valence-corrected chi connectivity index (χ1v) is 13.2. The molecule has 0 saturated carbocycles. The van der Waals surface area contributed by atoms with Crippen molar-refractivity contribution in [1.82, 2.24) is 14.9 Å². The Morgan fingerprint density at radius 3 is 2.39 bits per heavy atom. The average Bonchev–Trinajstić information content (AvgIpc) is 3.36. The molecule has 2 aromatic heterocycles. The van der Waals surface area contributed by atoms with Crippen molar-refractivity contribution >= 4 is 46.2 Å². The van der Waals surface area contributed by atoms with Crippen LogP contribution in [0.4, 0.5) is 5.69 Å². The zero-order valence-corrected chi connectivity index (χ0v) is 23.0. The van der Waals surface area contributed by atoms with E-state index in [0.717, 1.165) is 34.0 Å². The molecule has 4 aromatic rings. The zero-order valence-electron chi connectivity index (χ0n) is 20.7. The van der Waals surface area contributed by atoms with Gasteiger partial charge < -0.3 is 14.8 Å². The summed E-state index contributed by atoms with van der Waals surface area (Å²) in [5.41, 5.74) is 7.45. The highest BCUT2D eigenvalue weighted by molar-refractivity contribution is 7.80. The van der Waals surface area contributed by atoms with Gasteiger partial charge >= 0.3 is 0 Å². The third-order valence-electron chi connectivity index (χ3n) is 6.90. The van der Waals surface area contributed by atoms with Crippen molar-refractivity contribution in [2.75, 3.05) is 4.90 Å². The molecule has 1 N–H and O–H groups in total. The Bertz CT molecular complexity index is 1410. The van der Waals surface area contributed by atoms with Crippen LogP contribution in [0.5, 0.6) is 0 Å². The molecule has 0 unspecified atom stereocenters. The van der Waals surface area contributed by atoms with Gasteiger partial charge in [0.25, 0.3) is 0 Å². The maximum Gasteiger partial charge on any atom is 0.174 e. The van der Waals surface area contributed by atoms with Crippen LogP contribution in [0.2, 0.25) is 10.0 Å². The molecule has 0 spiro atoms. The first kappa shape index (κ1) is 24.8. The number of thiocarbonyl (C=S) groups is 1. The van der Waals surface area contributed by atoms with Crippen LogP contribution in [-0.2, 0) is 0 Å². The summed E-state index contributed by atoms with van der Waals surface area (Å²) in [4.78, 5) is 6.90. The number of hydrogen-bond donors (Lipinski definition) is 1. The van der Waals surface area contributed by atoms with Gasteiger partial charge in [-0.3, -0.25) is 4.98 Å². The van der Waals surface area contributed by atoms with Crippen molar-refractivity contribution in [3.8, 4) is 5.69 Å². The fourth-order valence-corrected chi connectivity index (χ4v) is 5.82. The lowest BCUT2D eigenvalue weighted by Crippen LogP contribution is -2.29. The van der Waals surface area contributed by atoms with Crippen LogP contribution in [0.15, 0.2) is 72.9 Å². The van der Waals surface area contributed by atoms with Gasteiger partial charge in [-0.15, -0.1) is 0 Å². The Morgan fingerprint density at radius 1 is 0.972 bits per heavy atom. The quantitative estimate of drug-likeness (QED) is 0.262. The summed E-state index contributed by atoms with van der Waals surface area (Å²) in [6, 6.07) is 22.4. The largest absolute Gasteiger partial charge is 0.351 e. The van der Waals surface area contributed by atoms with Crippen molar-refractivity contribution in [2.24, 2.45) is 0 Å². The number of aromatic nitrogens is 2. The number of hydrogen-bond acceptors (Lipinski definition) is 2. The zero-order chi connectivity index (χ0) is 25.6. The molecule has 7 heteroatoms. The molecule has 3 heterocycles. The smallest absolute Gasteiger partial charge is 0.174 e. The van der Waals surface area contributed by atoms with Gasteiger partial charge in [-0.25, -0.2) is 0 Å². The number of nitrogens with zero attached hydrogens (tertiary/aromatic N) is 3. The summed E-state index contributed by atoms with van der Waals surface area (Å²) in [5, 5.41) is 5.31. The number of pyridine rings is 1. The Balaban J connectivity index is 1.68. The van der Waals surface area contributed by atoms with Crippen molar-refractivity contribution in [3.63, 3.8) is 0 Å². The molecule has 2 aromatic carbocycles. The predicted octanol–water partition coefficient (Wildman–Crippen LogP) is 8.10. The number of benzene rings is 2. The fourth-order valence-electron chi connectivity index (χ4n) is 5.09. The Kier molecular flexibility index (Phi) is 6.82. The molecular weight excluding hydrogens is 507 g/mol. The van der Waals surface area contributed by atoms with E-state index < -0.39 is 0 Å². The van der Waals surface area contributed by atoms with Crippen molar-refractivity contribution in [3.05, 3.63) is 111 Å². The molecule has 2 atom stereocenters. The summed E-state index contributed by atoms with van der Waals surface area (Å²) in [6.07, 6.45) is 1.83. The van der Waals surface area contributed by atoms with Gasteiger partial charge in [0.15, 0.2) is 5.11 Å².